The number of halogens is 3. The van der Waals surface area contributed by atoms with Gasteiger partial charge in [-0.3, -0.25) is 0 Å². The van der Waals surface area contributed by atoms with Crippen LogP contribution in [0.1, 0.15) is 26.7 Å². The smallest absolute Gasteiger partial charge is 0.160 e. The van der Waals surface area contributed by atoms with Gasteiger partial charge in [-0.15, -0.1) is 0 Å². The molecule has 0 aliphatic rings. The molecule has 0 saturated carbocycles. The van der Waals surface area contributed by atoms with Gasteiger partial charge in [-0.05, 0) is 53.0 Å². The minimum Gasteiger partial charge on any atom is -0.365 e. The minimum absolute atomic E-state index is 0.343. The molecule has 0 aliphatic heterocycles. The van der Waals surface area contributed by atoms with Crippen LogP contribution in [0.15, 0.2) is 53.1 Å². The van der Waals surface area contributed by atoms with Crippen molar-refractivity contribution in [3.63, 3.8) is 0 Å². The fourth-order valence-electron chi connectivity index (χ4n) is 2.81. The van der Waals surface area contributed by atoms with E-state index in [1.807, 2.05) is 48.5 Å². The molecule has 0 fully saturated rings. The third-order valence-electron chi connectivity index (χ3n) is 4.42. The van der Waals surface area contributed by atoms with E-state index in [9.17, 15) is 0 Å². The molecular weight excluding hydrogens is 445 g/mol. The van der Waals surface area contributed by atoms with E-state index in [-0.39, 0.29) is 0 Å². The summed E-state index contributed by atoms with van der Waals surface area (Å²) in [6, 6.07) is 15.6. The molecule has 2 aromatic carbocycles. The summed E-state index contributed by atoms with van der Waals surface area (Å²) in [4.78, 5) is 9.72. The van der Waals surface area contributed by atoms with Crippen molar-refractivity contribution in [3.8, 4) is 22.5 Å². The number of anilines is 1. The van der Waals surface area contributed by atoms with Crippen molar-refractivity contribution in [3.05, 3.63) is 63.2 Å². The highest BCUT2D eigenvalue weighted by Gasteiger charge is 2.17. The first-order chi connectivity index (χ1) is 13.0. The van der Waals surface area contributed by atoms with Crippen molar-refractivity contribution >= 4 is 44.9 Å². The van der Waals surface area contributed by atoms with Gasteiger partial charge in [0, 0.05) is 27.2 Å². The average Bonchev–Trinajstić information content (AvgIpc) is 2.68. The first-order valence-electron chi connectivity index (χ1n) is 8.87. The zero-order chi connectivity index (χ0) is 19.4. The maximum atomic E-state index is 6.07. The Balaban J connectivity index is 2.15. The summed E-state index contributed by atoms with van der Waals surface area (Å²) in [6.45, 7) is 4.31. The van der Waals surface area contributed by atoms with Crippen molar-refractivity contribution in [1.29, 1.82) is 0 Å². The molecule has 0 atom stereocenters. The lowest BCUT2D eigenvalue weighted by molar-refractivity contribution is 0.667. The fraction of sp³-hybridized carbons (Fsp3) is 0.238. The summed E-state index contributed by atoms with van der Waals surface area (Å²) in [7, 11) is 0. The number of rotatable bonds is 6. The van der Waals surface area contributed by atoms with E-state index in [1.54, 1.807) is 0 Å². The van der Waals surface area contributed by atoms with Crippen LogP contribution in [-0.4, -0.2) is 16.0 Å². The molecule has 0 amide bonds. The van der Waals surface area contributed by atoms with Crippen LogP contribution in [0.4, 0.5) is 5.82 Å². The largest absolute Gasteiger partial charge is 0.365 e. The summed E-state index contributed by atoms with van der Waals surface area (Å²) < 4.78 is 0.692. The molecule has 3 nitrogen and oxygen atoms in total. The minimum atomic E-state index is 0.343. The van der Waals surface area contributed by atoms with Crippen molar-refractivity contribution in [1.82, 2.24) is 9.97 Å². The molecular formula is C21H20BrCl2N3. The quantitative estimate of drug-likeness (QED) is 0.410. The molecule has 6 heteroatoms. The Labute approximate surface area is 178 Å². The molecule has 1 N–H and O–H groups in total. The number of aromatic nitrogens is 2. The van der Waals surface area contributed by atoms with Crippen LogP contribution >= 0.6 is 39.1 Å². The first-order valence-corrected chi connectivity index (χ1v) is 10.4. The molecule has 0 spiro atoms. The molecule has 0 saturated heterocycles. The maximum Gasteiger partial charge on any atom is 0.160 e. The van der Waals surface area contributed by atoms with Gasteiger partial charge in [0.25, 0.3) is 0 Å². The van der Waals surface area contributed by atoms with E-state index in [0.717, 1.165) is 41.2 Å². The number of nitrogens with one attached hydrogen (secondary N) is 1. The van der Waals surface area contributed by atoms with Gasteiger partial charge in [0.1, 0.15) is 4.60 Å². The highest BCUT2D eigenvalue weighted by Crippen LogP contribution is 2.34. The third-order valence-corrected chi connectivity index (χ3v) is 5.47. The van der Waals surface area contributed by atoms with Gasteiger partial charge in [-0.25, -0.2) is 9.97 Å². The molecule has 27 heavy (non-hydrogen) atoms. The molecule has 3 rings (SSSR count). The van der Waals surface area contributed by atoms with Gasteiger partial charge in [0.05, 0.1) is 11.4 Å². The Kier molecular flexibility index (Phi) is 6.74. The SMILES string of the molecule is CCC(CC)Nc1nc(-c2ccc(Cl)cc2)c(-c2ccc(Cl)cc2)nc1Br. The molecule has 0 bridgehead atoms. The Bertz CT molecular complexity index is 908. The number of hydrogen-bond donors (Lipinski definition) is 1. The van der Waals surface area contributed by atoms with Crippen LogP contribution in [-0.2, 0) is 0 Å². The van der Waals surface area contributed by atoms with Crippen LogP contribution in [0.2, 0.25) is 10.0 Å². The Morgan fingerprint density at radius 1 is 0.815 bits per heavy atom. The van der Waals surface area contributed by atoms with Crippen LogP contribution in [0.25, 0.3) is 22.5 Å². The molecule has 0 unspecified atom stereocenters. The van der Waals surface area contributed by atoms with Gasteiger partial charge in [-0.1, -0.05) is 61.3 Å². The first kappa shape index (κ1) is 20.1. The number of nitrogens with zero attached hydrogens (tertiary/aromatic N) is 2. The normalized spacial score (nSPS) is 11.0. The van der Waals surface area contributed by atoms with Crippen LogP contribution in [0, 0.1) is 0 Å². The van der Waals surface area contributed by atoms with Gasteiger partial charge in [-0.2, -0.15) is 0 Å². The second-order valence-corrected chi connectivity index (χ2v) is 7.86. The number of hydrogen-bond acceptors (Lipinski definition) is 3. The Hall–Kier alpha value is -1.62. The Morgan fingerprint density at radius 3 is 1.70 bits per heavy atom. The molecule has 1 heterocycles. The maximum absolute atomic E-state index is 6.07. The van der Waals surface area contributed by atoms with E-state index in [4.69, 9.17) is 33.2 Å². The van der Waals surface area contributed by atoms with Gasteiger partial charge >= 0.3 is 0 Å². The van der Waals surface area contributed by atoms with Crippen LogP contribution in [0.3, 0.4) is 0 Å². The second kappa shape index (κ2) is 9.05. The van der Waals surface area contributed by atoms with E-state index < -0.39 is 0 Å². The summed E-state index contributed by atoms with van der Waals surface area (Å²) in [6.07, 6.45) is 2.03. The monoisotopic (exact) mass is 463 g/mol. The lowest BCUT2D eigenvalue weighted by Gasteiger charge is -2.18. The lowest BCUT2D eigenvalue weighted by Crippen LogP contribution is -2.19. The zero-order valence-corrected chi connectivity index (χ0v) is 18.2. The predicted molar refractivity (Wildman–Crippen MR) is 119 cm³/mol. The average molecular weight is 465 g/mol. The number of benzene rings is 2. The Morgan fingerprint density at radius 2 is 1.26 bits per heavy atom. The van der Waals surface area contributed by atoms with Crippen molar-refractivity contribution in [2.75, 3.05) is 5.32 Å². The standard InChI is InChI=1S/C21H20BrCl2N3/c1-3-17(4-2)25-21-20(22)26-18(13-5-9-15(23)10-6-13)19(27-21)14-7-11-16(24)12-8-14/h5-12,17H,3-4H2,1-2H3,(H,25,27). The predicted octanol–water partition coefficient (Wildman–Crippen LogP) is 7.48. The summed E-state index contributed by atoms with van der Waals surface area (Å²) in [5.74, 6) is 0.742. The molecule has 1 aromatic heterocycles. The van der Waals surface area contributed by atoms with Crippen LogP contribution < -0.4 is 5.32 Å². The van der Waals surface area contributed by atoms with E-state index in [0.29, 0.717) is 20.7 Å². The van der Waals surface area contributed by atoms with Gasteiger partial charge in [0.2, 0.25) is 0 Å². The zero-order valence-electron chi connectivity index (χ0n) is 15.1. The summed E-state index contributed by atoms with van der Waals surface area (Å²) >= 11 is 15.7. The molecule has 3 aromatic rings. The third kappa shape index (κ3) is 4.81. The van der Waals surface area contributed by atoms with Gasteiger partial charge < -0.3 is 5.32 Å². The van der Waals surface area contributed by atoms with E-state index >= 15 is 0 Å². The van der Waals surface area contributed by atoms with Gasteiger partial charge in [0.15, 0.2) is 5.82 Å². The van der Waals surface area contributed by atoms with Crippen molar-refractivity contribution in [2.24, 2.45) is 0 Å². The molecule has 0 aliphatic carbocycles. The molecule has 0 radical (unpaired) electrons. The van der Waals surface area contributed by atoms with Crippen molar-refractivity contribution in [2.45, 2.75) is 32.7 Å². The second-order valence-electron chi connectivity index (χ2n) is 6.23. The fourth-order valence-corrected chi connectivity index (χ4v) is 3.44. The van der Waals surface area contributed by atoms with Crippen LogP contribution in [0.5, 0.6) is 0 Å². The highest BCUT2D eigenvalue weighted by atomic mass is 79.9. The lowest BCUT2D eigenvalue weighted by atomic mass is 10.0. The topological polar surface area (TPSA) is 37.8 Å². The summed E-state index contributed by atoms with van der Waals surface area (Å²) in [5, 5.41) is 4.86. The summed E-state index contributed by atoms with van der Waals surface area (Å²) in [5.41, 5.74) is 3.49. The molecule has 140 valence electrons. The van der Waals surface area contributed by atoms with Crippen molar-refractivity contribution < 1.29 is 0 Å². The van der Waals surface area contributed by atoms with E-state index in [1.165, 1.54) is 0 Å². The highest BCUT2D eigenvalue weighted by molar-refractivity contribution is 9.10. The van der Waals surface area contributed by atoms with E-state index in [2.05, 4.69) is 35.1 Å².